The molecule has 0 aromatic rings. The van der Waals surface area contributed by atoms with Gasteiger partial charge in [-0.3, -0.25) is 5.32 Å². The van der Waals surface area contributed by atoms with E-state index in [1.807, 2.05) is 0 Å². The average molecular weight is 156 g/mol. The first-order valence-corrected chi connectivity index (χ1v) is 4.47. The van der Waals surface area contributed by atoms with Gasteiger partial charge in [0.25, 0.3) is 0 Å². The number of hydrogen-bond acceptors (Lipinski definition) is 3. The van der Waals surface area contributed by atoms with Crippen molar-refractivity contribution in [1.29, 1.82) is 0 Å². The van der Waals surface area contributed by atoms with Crippen molar-refractivity contribution in [1.82, 2.24) is 10.6 Å². The molecule has 0 aromatic heterocycles. The lowest BCUT2D eigenvalue weighted by Crippen LogP contribution is -2.43. The summed E-state index contributed by atoms with van der Waals surface area (Å²) in [5.41, 5.74) is 0. The van der Waals surface area contributed by atoms with Crippen LogP contribution in [0.15, 0.2) is 0 Å². The summed E-state index contributed by atoms with van der Waals surface area (Å²) in [5.74, 6) is 0. The molecule has 64 valence electrons. The van der Waals surface area contributed by atoms with Crippen molar-refractivity contribution < 1.29 is 4.74 Å². The van der Waals surface area contributed by atoms with Gasteiger partial charge in [-0.2, -0.15) is 0 Å². The standard InChI is InChI=1S/C8H16N2O/c1-6-5-11-8(10-6)7-3-2-4-9-7/h6-10H,2-5H2,1H3. The Hall–Kier alpha value is -0.120. The van der Waals surface area contributed by atoms with Crippen LogP contribution in [0.4, 0.5) is 0 Å². The van der Waals surface area contributed by atoms with Crippen molar-refractivity contribution >= 4 is 0 Å². The predicted molar refractivity (Wildman–Crippen MR) is 43.4 cm³/mol. The highest BCUT2D eigenvalue weighted by atomic mass is 16.5. The van der Waals surface area contributed by atoms with Crippen LogP contribution in [0.2, 0.25) is 0 Å². The van der Waals surface area contributed by atoms with Crippen LogP contribution in [0, 0.1) is 0 Å². The van der Waals surface area contributed by atoms with Crippen LogP contribution in [-0.4, -0.2) is 31.5 Å². The number of hydrogen-bond donors (Lipinski definition) is 2. The maximum Gasteiger partial charge on any atom is 0.123 e. The smallest absolute Gasteiger partial charge is 0.123 e. The van der Waals surface area contributed by atoms with Gasteiger partial charge in [-0.15, -0.1) is 0 Å². The molecule has 2 N–H and O–H groups in total. The second kappa shape index (κ2) is 3.09. The lowest BCUT2D eigenvalue weighted by atomic mass is 10.2. The SMILES string of the molecule is CC1COC(C2CCCN2)N1. The van der Waals surface area contributed by atoms with E-state index >= 15 is 0 Å². The summed E-state index contributed by atoms with van der Waals surface area (Å²) in [6.45, 7) is 4.18. The number of nitrogens with one attached hydrogen (secondary N) is 2. The van der Waals surface area contributed by atoms with E-state index in [2.05, 4.69) is 17.6 Å². The first-order chi connectivity index (χ1) is 5.36. The van der Waals surface area contributed by atoms with Gasteiger partial charge in [0.05, 0.1) is 6.61 Å². The van der Waals surface area contributed by atoms with E-state index in [1.54, 1.807) is 0 Å². The van der Waals surface area contributed by atoms with E-state index in [-0.39, 0.29) is 6.23 Å². The van der Waals surface area contributed by atoms with Crippen molar-refractivity contribution in [2.75, 3.05) is 13.2 Å². The normalized spacial score (nSPS) is 45.0. The lowest BCUT2D eigenvalue weighted by molar-refractivity contribution is 0.0734. The third kappa shape index (κ3) is 1.55. The summed E-state index contributed by atoms with van der Waals surface area (Å²) in [6.07, 6.45) is 2.82. The van der Waals surface area contributed by atoms with Crippen LogP contribution in [0.25, 0.3) is 0 Å². The highest BCUT2D eigenvalue weighted by Crippen LogP contribution is 2.14. The fourth-order valence-corrected chi connectivity index (χ4v) is 1.83. The largest absolute Gasteiger partial charge is 0.360 e. The molecule has 3 atom stereocenters. The van der Waals surface area contributed by atoms with Gasteiger partial charge >= 0.3 is 0 Å². The molecule has 0 aliphatic carbocycles. The minimum absolute atomic E-state index is 0.271. The van der Waals surface area contributed by atoms with Crippen LogP contribution in [0.3, 0.4) is 0 Å². The molecule has 0 aromatic carbocycles. The summed E-state index contributed by atoms with van der Waals surface area (Å²) in [4.78, 5) is 0. The molecule has 0 bridgehead atoms. The Morgan fingerprint density at radius 3 is 2.91 bits per heavy atom. The van der Waals surface area contributed by atoms with Gasteiger partial charge in [-0.05, 0) is 26.3 Å². The molecule has 3 nitrogen and oxygen atoms in total. The molecular formula is C8H16N2O. The Kier molecular flexibility index (Phi) is 2.11. The molecule has 3 unspecified atom stereocenters. The molecule has 0 amide bonds. The molecule has 0 spiro atoms. The summed E-state index contributed by atoms with van der Waals surface area (Å²) < 4.78 is 5.58. The Morgan fingerprint density at radius 2 is 2.36 bits per heavy atom. The van der Waals surface area contributed by atoms with Gasteiger partial charge in [0.2, 0.25) is 0 Å². The molecule has 2 aliphatic heterocycles. The van der Waals surface area contributed by atoms with Crippen LogP contribution < -0.4 is 10.6 Å². The van der Waals surface area contributed by atoms with E-state index in [0.717, 1.165) is 13.2 Å². The second-order valence-corrected chi connectivity index (χ2v) is 3.52. The molecular weight excluding hydrogens is 140 g/mol. The van der Waals surface area contributed by atoms with Crippen molar-refractivity contribution in [3.05, 3.63) is 0 Å². The predicted octanol–water partition coefficient (Wildman–Crippen LogP) is 0.0728. The molecule has 2 rings (SSSR count). The Bertz CT molecular complexity index is 134. The monoisotopic (exact) mass is 156 g/mol. The fraction of sp³-hybridized carbons (Fsp3) is 1.00. The van der Waals surface area contributed by atoms with Crippen molar-refractivity contribution in [3.63, 3.8) is 0 Å². The number of rotatable bonds is 1. The number of ether oxygens (including phenoxy) is 1. The third-order valence-corrected chi connectivity index (χ3v) is 2.44. The maximum absolute atomic E-state index is 5.58. The van der Waals surface area contributed by atoms with Crippen molar-refractivity contribution in [3.8, 4) is 0 Å². The minimum Gasteiger partial charge on any atom is -0.360 e. The zero-order valence-electron chi connectivity index (χ0n) is 6.97. The Labute approximate surface area is 67.5 Å². The molecule has 2 aliphatic rings. The summed E-state index contributed by atoms with van der Waals surface area (Å²) in [6, 6.07) is 1.09. The van der Waals surface area contributed by atoms with E-state index in [9.17, 15) is 0 Å². The first-order valence-electron chi connectivity index (χ1n) is 4.47. The Balaban J connectivity index is 1.85. The quantitative estimate of drug-likeness (QED) is 0.564. The van der Waals surface area contributed by atoms with Gasteiger partial charge < -0.3 is 10.1 Å². The van der Waals surface area contributed by atoms with Gasteiger partial charge in [0.15, 0.2) is 0 Å². The zero-order chi connectivity index (χ0) is 7.68. The molecule has 0 saturated carbocycles. The van der Waals surface area contributed by atoms with Crippen molar-refractivity contribution in [2.45, 2.75) is 38.1 Å². The van der Waals surface area contributed by atoms with Gasteiger partial charge in [-0.25, -0.2) is 0 Å². The summed E-state index contributed by atoms with van der Waals surface area (Å²) >= 11 is 0. The summed E-state index contributed by atoms with van der Waals surface area (Å²) in [5, 5.41) is 6.84. The van der Waals surface area contributed by atoms with Gasteiger partial charge in [-0.1, -0.05) is 0 Å². The highest BCUT2D eigenvalue weighted by molar-refractivity contribution is 4.85. The average Bonchev–Trinajstić information content (AvgIpc) is 2.55. The van der Waals surface area contributed by atoms with E-state index in [4.69, 9.17) is 4.74 Å². The lowest BCUT2D eigenvalue weighted by Gasteiger charge is -2.18. The van der Waals surface area contributed by atoms with Crippen LogP contribution in [0.5, 0.6) is 0 Å². The molecule has 2 fully saturated rings. The van der Waals surface area contributed by atoms with E-state index < -0.39 is 0 Å². The van der Waals surface area contributed by atoms with Crippen LogP contribution in [-0.2, 0) is 4.74 Å². The highest BCUT2D eigenvalue weighted by Gasteiger charge is 2.30. The van der Waals surface area contributed by atoms with Gasteiger partial charge in [0.1, 0.15) is 6.23 Å². The molecule has 2 heterocycles. The zero-order valence-corrected chi connectivity index (χ0v) is 6.97. The fourth-order valence-electron chi connectivity index (χ4n) is 1.83. The topological polar surface area (TPSA) is 33.3 Å². The van der Waals surface area contributed by atoms with E-state index in [0.29, 0.717) is 12.1 Å². The van der Waals surface area contributed by atoms with Crippen LogP contribution >= 0.6 is 0 Å². The Morgan fingerprint density at radius 1 is 1.45 bits per heavy atom. The molecule has 0 radical (unpaired) electrons. The molecule has 3 heteroatoms. The molecule has 2 saturated heterocycles. The summed E-state index contributed by atoms with van der Waals surface area (Å²) in [7, 11) is 0. The third-order valence-electron chi connectivity index (χ3n) is 2.44. The second-order valence-electron chi connectivity index (χ2n) is 3.52. The maximum atomic E-state index is 5.58. The minimum atomic E-state index is 0.271. The van der Waals surface area contributed by atoms with E-state index in [1.165, 1.54) is 12.8 Å². The molecule has 11 heavy (non-hydrogen) atoms. The van der Waals surface area contributed by atoms with Gasteiger partial charge in [0, 0.05) is 12.1 Å². The van der Waals surface area contributed by atoms with Crippen LogP contribution in [0.1, 0.15) is 19.8 Å². The van der Waals surface area contributed by atoms with Crippen molar-refractivity contribution in [2.24, 2.45) is 0 Å². The first kappa shape index (κ1) is 7.53.